The van der Waals surface area contributed by atoms with E-state index in [4.69, 9.17) is 8.37 Å². The van der Waals surface area contributed by atoms with Gasteiger partial charge in [-0.1, -0.05) is 20.6 Å². The molecule has 0 atom stereocenters. The van der Waals surface area contributed by atoms with E-state index < -0.39 is 20.6 Å². The van der Waals surface area contributed by atoms with Crippen LogP contribution in [-0.4, -0.2) is 46.1 Å². The topological polar surface area (TPSA) is 52.6 Å². The summed E-state index contributed by atoms with van der Waals surface area (Å²) in [6.07, 6.45) is 10.5. The summed E-state index contributed by atoms with van der Waals surface area (Å²) in [6, 6.07) is 0. The Morgan fingerprint density at radius 1 is 0.667 bits per heavy atom. The van der Waals surface area contributed by atoms with Crippen molar-refractivity contribution in [3.8, 4) is 0 Å². The first-order chi connectivity index (χ1) is 10.5. The molecule has 0 aromatic rings. The van der Waals surface area contributed by atoms with E-state index in [1.165, 1.54) is 12.2 Å². The highest BCUT2D eigenvalue weighted by Gasteiger charge is 2.36. The molecule has 140 valence electrons. The molecule has 0 aromatic carbocycles. The van der Waals surface area contributed by atoms with Crippen LogP contribution >= 0.6 is 20.6 Å². The molecule has 1 aliphatic carbocycles. The van der Waals surface area contributed by atoms with E-state index in [2.05, 4.69) is 41.5 Å². The average molecular weight is 377 g/mol. The molecule has 6 heteroatoms. The van der Waals surface area contributed by atoms with Crippen LogP contribution in [0.2, 0.25) is 0 Å². The van der Waals surface area contributed by atoms with Gasteiger partial charge in [0.2, 0.25) is 11.6 Å². The van der Waals surface area contributed by atoms with Gasteiger partial charge in [0.1, 0.15) is 0 Å². The number of hydrogen-bond donors (Lipinski definition) is 0. The quantitative estimate of drug-likeness (QED) is 0.678. The molecule has 0 unspecified atom stereocenters. The molecule has 0 aliphatic heterocycles. The lowest BCUT2D eigenvalue weighted by molar-refractivity contribution is -0.117. The first-order valence-corrected chi connectivity index (χ1v) is 12.6. The van der Waals surface area contributed by atoms with Crippen LogP contribution in [0, 0.1) is 0 Å². The van der Waals surface area contributed by atoms with E-state index in [9.17, 15) is 9.59 Å². The third-order valence-electron chi connectivity index (χ3n) is 4.56. The lowest BCUT2D eigenvalue weighted by atomic mass is 10.1. The van der Waals surface area contributed by atoms with Gasteiger partial charge in [-0.15, -0.1) is 0 Å². The molecule has 0 spiro atoms. The van der Waals surface area contributed by atoms with Crippen LogP contribution in [0.15, 0.2) is 23.7 Å². The number of carbonyl (C=O) groups excluding carboxylic acids is 2. The monoisotopic (exact) mass is 376 g/mol. The third-order valence-corrected chi connectivity index (χ3v) is 11.6. The van der Waals surface area contributed by atoms with Crippen molar-refractivity contribution in [1.82, 2.24) is 0 Å². The van der Waals surface area contributed by atoms with Gasteiger partial charge in [-0.3, -0.25) is 9.59 Å². The molecule has 0 amide bonds. The Labute approximate surface area is 150 Å². The summed E-state index contributed by atoms with van der Waals surface area (Å²) in [4.78, 5) is 24.8. The molecule has 0 aromatic heterocycles. The summed E-state index contributed by atoms with van der Waals surface area (Å²) in [5, 5.41) is 0. The fraction of sp³-hybridized carbons (Fsp3) is 0.667. The largest absolute Gasteiger partial charge is 0.445 e. The lowest BCUT2D eigenvalue weighted by Gasteiger charge is -2.45. The SMILES string of the molecule is CC(C)(C)S(C)(C)OC1=CC(=O)C(OS(C)(C)C(C)(C)C)=CC1=O. The Bertz CT molecular complexity index is 545. The zero-order chi connectivity index (χ0) is 19.1. The van der Waals surface area contributed by atoms with Gasteiger partial charge in [0.15, 0.2) is 11.5 Å². The summed E-state index contributed by atoms with van der Waals surface area (Å²) in [5.41, 5.74) is 0. The van der Waals surface area contributed by atoms with Gasteiger partial charge in [-0.25, -0.2) is 0 Å². The number of allylic oxidation sites excluding steroid dienone is 2. The van der Waals surface area contributed by atoms with Gasteiger partial charge in [-0.05, 0) is 66.6 Å². The minimum atomic E-state index is -1.54. The first kappa shape index (κ1) is 21.2. The van der Waals surface area contributed by atoms with Crippen molar-refractivity contribution in [2.75, 3.05) is 25.0 Å². The smallest absolute Gasteiger partial charge is 0.225 e. The molecular weight excluding hydrogens is 344 g/mol. The predicted molar refractivity (Wildman–Crippen MR) is 107 cm³/mol. The fourth-order valence-corrected chi connectivity index (χ4v) is 3.01. The molecule has 0 saturated heterocycles. The predicted octanol–water partition coefficient (Wildman–Crippen LogP) is 4.49. The number of hydrogen-bond acceptors (Lipinski definition) is 4. The molecule has 0 saturated carbocycles. The normalized spacial score (nSPS) is 18.8. The maximum absolute atomic E-state index is 12.4. The minimum Gasteiger partial charge on any atom is -0.445 e. The zero-order valence-corrected chi connectivity index (χ0v) is 18.2. The molecule has 1 aliphatic rings. The first-order valence-electron chi connectivity index (χ1n) is 7.85. The summed E-state index contributed by atoms with van der Waals surface area (Å²) in [7, 11) is -3.07. The van der Waals surface area contributed by atoms with Gasteiger partial charge in [0.25, 0.3) is 0 Å². The van der Waals surface area contributed by atoms with Crippen LogP contribution in [0.1, 0.15) is 41.5 Å². The standard InChI is InChI=1S/C18H32O4S2/c1-17(2,3)23(7,8)21-15-11-14(20)16(12-13(15)19)22-24(9,10)18(4,5)6/h11-12H,1-10H3. The average Bonchev–Trinajstić information content (AvgIpc) is 2.31. The molecule has 0 heterocycles. The molecule has 1 rings (SSSR count). The minimum absolute atomic E-state index is 0.101. The van der Waals surface area contributed by atoms with Crippen molar-refractivity contribution in [3.05, 3.63) is 23.7 Å². The highest BCUT2D eigenvalue weighted by molar-refractivity contribution is 8.30. The molecular formula is C18H32O4S2. The number of ketones is 2. The summed E-state index contributed by atoms with van der Waals surface area (Å²) in [5.74, 6) is -0.381. The fourth-order valence-electron chi connectivity index (χ4n) is 1.35. The van der Waals surface area contributed by atoms with Crippen LogP contribution in [-0.2, 0) is 18.0 Å². The van der Waals surface area contributed by atoms with Crippen LogP contribution < -0.4 is 0 Å². The number of carbonyl (C=O) groups is 2. The third kappa shape index (κ3) is 4.60. The van der Waals surface area contributed by atoms with E-state index in [1.54, 1.807) is 0 Å². The molecule has 0 fully saturated rings. The maximum atomic E-state index is 12.4. The number of rotatable bonds is 4. The van der Waals surface area contributed by atoms with Crippen molar-refractivity contribution < 1.29 is 18.0 Å². The van der Waals surface area contributed by atoms with Crippen LogP contribution in [0.25, 0.3) is 0 Å². The Morgan fingerprint density at radius 2 is 0.917 bits per heavy atom. The lowest BCUT2D eigenvalue weighted by Crippen LogP contribution is -2.29. The highest BCUT2D eigenvalue weighted by Crippen LogP contribution is 2.57. The van der Waals surface area contributed by atoms with Crippen molar-refractivity contribution in [1.29, 1.82) is 0 Å². The van der Waals surface area contributed by atoms with E-state index in [0.717, 1.165) is 0 Å². The molecule has 24 heavy (non-hydrogen) atoms. The van der Waals surface area contributed by atoms with Crippen molar-refractivity contribution in [2.45, 2.75) is 51.0 Å². The van der Waals surface area contributed by atoms with E-state index in [0.29, 0.717) is 0 Å². The second-order valence-electron chi connectivity index (χ2n) is 8.60. The van der Waals surface area contributed by atoms with Gasteiger partial charge < -0.3 is 8.37 Å². The van der Waals surface area contributed by atoms with Crippen molar-refractivity contribution in [2.24, 2.45) is 0 Å². The maximum Gasteiger partial charge on any atom is 0.225 e. The van der Waals surface area contributed by atoms with E-state index in [-0.39, 0.29) is 32.6 Å². The summed E-state index contributed by atoms with van der Waals surface area (Å²) >= 11 is 0. The van der Waals surface area contributed by atoms with Crippen molar-refractivity contribution >= 4 is 32.2 Å². The van der Waals surface area contributed by atoms with Crippen molar-refractivity contribution in [3.63, 3.8) is 0 Å². The molecule has 0 N–H and O–H groups in total. The Morgan fingerprint density at radius 3 is 1.12 bits per heavy atom. The highest BCUT2D eigenvalue weighted by atomic mass is 32.3. The van der Waals surface area contributed by atoms with Crippen LogP contribution in [0.3, 0.4) is 0 Å². The second-order valence-corrected chi connectivity index (χ2v) is 16.3. The molecule has 0 bridgehead atoms. The van der Waals surface area contributed by atoms with E-state index in [1.807, 2.05) is 25.0 Å². The molecule has 4 nitrogen and oxygen atoms in total. The molecule has 0 radical (unpaired) electrons. The summed E-state index contributed by atoms with van der Waals surface area (Å²) < 4.78 is 11.7. The van der Waals surface area contributed by atoms with Gasteiger partial charge >= 0.3 is 0 Å². The van der Waals surface area contributed by atoms with Gasteiger partial charge in [0.05, 0.1) is 0 Å². The Hall–Kier alpha value is -0.880. The summed E-state index contributed by atoms with van der Waals surface area (Å²) in [6.45, 7) is 12.4. The second kappa shape index (κ2) is 6.45. The Balaban J connectivity index is 3.01. The van der Waals surface area contributed by atoms with E-state index >= 15 is 0 Å². The Kier molecular flexibility index (Phi) is 5.69. The van der Waals surface area contributed by atoms with Gasteiger partial charge in [0, 0.05) is 21.6 Å². The van der Waals surface area contributed by atoms with Crippen LogP contribution in [0.4, 0.5) is 0 Å². The van der Waals surface area contributed by atoms with Crippen LogP contribution in [0.5, 0.6) is 0 Å². The van der Waals surface area contributed by atoms with Gasteiger partial charge in [-0.2, -0.15) is 0 Å². The zero-order valence-electron chi connectivity index (χ0n) is 16.6.